The molecule has 0 bridgehead atoms. The van der Waals surface area contributed by atoms with Gasteiger partial charge in [0.15, 0.2) is 0 Å². The molecule has 1 N–H and O–H groups in total. The van der Waals surface area contributed by atoms with Crippen molar-refractivity contribution in [2.24, 2.45) is 0 Å². The molecule has 0 unspecified atom stereocenters. The third kappa shape index (κ3) is 4.46. The summed E-state index contributed by atoms with van der Waals surface area (Å²) in [5.74, 6) is 0. The van der Waals surface area contributed by atoms with Gasteiger partial charge in [-0.25, -0.2) is 8.42 Å². The van der Waals surface area contributed by atoms with Crippen LogP contribution in [0.5, 0.6) is 0 Å². The third-order valence-corrected chi connectivity index (χ3v) is 5.51. The molecule has 1 aromatic heterocycles. The first-order chi connectivity index (χ1) is 12.3. The highest BCUT2D eigenvalue weighted by molar-refractivity contribution is 7.92. The molecular formula is C19H26N4O2S. The highest BCUT2D eigenvalue weighted by Crippen LogP contribution is 2.27. The molecule has 0 spiro atoms. The summed E-state index contributed by atoms with van der Waals surface area (Å²) < 4.78 is 25.1. The molecular weight excluding hydrogens is 348 g/mol. The lowest BCUT2D eigenvalue weighted by Crippen LogP contribution is -2.43. The Morgan fingerprint density at radius 2 is 1.81 bits per heavy atom. The maximum atomic E-state index is 11.3. The maximum absolute atomic E-state index is 11.3. The average molecular weight is 375 g/mol. The van der Waals surface area contributed by atoms with Gasteiger partial charge in [0.05, 0.1) is 17.6 Å². The summed E-state index contributed by atoms with van der Waals surface area (Å²) in [5.41, 5.74) is 3.98. The first-order valence-electron chi connectivity index (χ1n) is 8.81. The zero-order chi connectivity index (χ0) is 18.7. The Morgan fingerprint density at radius 1 is 1.15 bits per heavy atom. The fourth-order valence-corrected chi connectivity index (χ4v) is 4.08. The number of benzene rings is 1. The van der Waals surface area contributed by atoms with E-state index in [-0.39, 0.29) is 0 Å². The molecule has 7 heteroatoms. The molecule has 1 fully saturated rings. The topological polar surface area (TPSA) is 65.5 Å². The van der Waals surface area contributed by atoms with Crippen molar-refractivity contribution in [2.75, 3.05) is 40.9 Å². The van der Waals surface area contributed by atoms with Crippen molar-refractivity contribution in [3.8, 4) is 0 Å². The van der Waals surface area contributed by atoms with E-state index in [0.29, 0.717) is 11.7 Å². The molecule has 1 saturated heterocycles. The second-order valence-electron chi connectivity index (χ2n) is 6.86. The number of nitrogens with one attached hydrogen (secondary N) is 1. The Kier molecular flexibility index (Phi) is 5.36. The molecule has 1 aliphatic rings. The van der Waals surface area contributed by atoms with E-state index < -0.39 is 10.0 Å². The zero-order valence-corrected chi connectivity index (χ0v) is 16.3. The number of aromatic nitrogens is 1. The molecule has 2 aromatic rings. The minimum atomic E-state index is -3.24. The van der Waals surface area contributed by atoms with Crippen LogP contribution in [0, 0.1) is 6.92 Å². The first kappa shape index (κ1) is 18.5. The molecule has 6 nitrogen and oxygen atoms in total. The summed E-state index contributed by atoms with van der Waals surface area (Å²) in [6, 6.07) is 12.2. The van der Waals surface area contributed by atoms with E-state index in [1.54, 1.807) is 0 Å². The lowest BCUT2D eigenvalue weighted by Gasteiger charge is -2.39. The Morgan fingerprint density at radius 3 is 2.38 bits per heavy atom. The molecule has 1 aliphatic heterocycles. The summed E-state index contributed by atoms with van der Waals surface area (Å²) in [7, 11) is -1.09. The zero-order valence-electron chi connectivity index (χ0n) is 15.5. The molecule has 1 aromatic carbocycles. The average Bonchev–Trinajstić information content (AvgIpc) is 2.61. The molecule has 3 rings (SSSR count). The fraction of sp³-hybridized carbons (Fsp3) is 0.421. The standard InChI is InChI=1S/C19H26N4O2S/c1-15-19(5-4-12-20-15)22(2)17-10-13-23(14-11-17)18-8-6-16(7-9-18)21-26(3,24)25/h4-9,12,17,21H,10-11,13-14H2,1-3H3. The van der Waals surface area contributed by atoms with Crippen LogP contribution in [0.25, 0.3) is 0 Å². The van der Waals surface area contributed by atoms with E-state index in [1.165, 1.54) is 5.69 Å². The second-order valence-corrected chi connectivity index (χ2v) is 8.61. The van der Waals surface area contributed by atoms with Gasteiger partial charge in [0.2, 0.25) is 10.0 Å². The number of anilines is 3. The van der Waals surface area contributed by atoms with Crippen LogP contribution in [-0.4, -0.2) is 45.8 Å². The summed E-state index contributed by atoms with van der Waals surface area (Å²) in [4.78, 5) is 9.09. The molecule has 140 valence electrons. The maximum Gasteiger partial charge on any atom is 0.229 e. The van der Waals surface area contributed by atoms with Gasteiger partial charge in [-0.2, -0.15) is 0 Å². The number of aryl methyl sites for hydroxylation is 1. The van der Waals surface area contributed by atoms with Gasteiger partial charge in [-0.3, -0.25) is 9.71 Å². The van der Waals surface area contributed by atoms with E-state index >= 15 is 0 Å². The van der Waals surface area contributed by atoms with Crippen molar-refractivity contribution in [1.82, 2.24) is 4.98 Å². The first-order valence-corrected chi connectivity index (χ1v) is 10.7. The van der Waals surface area contributed by atoms with Crippen LogP contribution in [-0.2, 0) is 10.0 Å². The van der Waals surface area contributed by atoms with E-state index in [0.717, 1.165) is 43.6 Å². The predicted molar refractivity (Wildman–Crippen MR) is 108 cm³/mol. The van der Waals surface area contributed by atoms with Crippen LogP contribution in [0.2, 0.25) is 0 Å². The minimum absolute atomic E-state index is 0.500. The highest BCUT2D eigenvalue weighted by atomic mass is 32.2. The number of rotatable bonds is 5. The van der Waals surface area contributed by atoms with Crippen molar-refractivity contribution < 1.29 is 8.42 Å². The lowest BCUT2D eigenvalue weighted by atomic mass is 10.0. The van der Waals surface area contributed by atoms with Crippen molar-refractivity contribution in [2.45, 2.75) is 25.8 Å². The van der Waals surface area contributed by atoms with Gasteiger partial charge in [-0.05, 0) is 56.2 Å². The molecule has 0 atom stereocenters. The fourth-order valence-electron chi connectivity index (χ4n) is 3.51. The van der Waals surface area contributed by atoms with Crippen LogP contribution in [0.1, 0.15) is 18.5 Å². The normalized spacial score (nSPS) is 15.7. The summed E-state index contributed by atoms with van der Waals surface area (Å²) in [5, 5.41) is 0. The Balaban J connectivity index is 1.61. The Bertz CT molecular complexity index is 844. The van der Waals surface area contributed by atoms with Crippen molar-refractivity contribution in [1.29, 1.82) is 0 Å². The largest absolute Gasteiger partial charge is 0.371 e. The minimum Gasteiger partial charge on any atom is -0.371 e. The number of nitrogens with zero attached hydrogens (tertiary/aromatic N) is 3. The van der Waals surface area contributed by atoms with Crippen LogP contribution >= 0.6 is 0 Å². The number of sulfonamides is 1. The number of piperidine rings is 1. The molecule has 0 amide bonds. The van der Waals surface area contributed by atoms with Gasteiger partial charge < -0.3 is 9.80 Å². The van der Waals surface area contributed by atoms with Crippen molar-refractivity contribution in [3.05, 3.63) is 48.3 Å². The van der Waals surface area contributed by atoms with E-state index in [1.807, 2.05) is 43.5 Å². The molecule has 0 aliphatic carbocycles. The predicted octanol–water partition coefficient (Wildman–Crippen LogP) is 2.87. The van der Waals surface area contributed by atoms with Gasteiger partial charge in [0.25, 0.3) is 0 Å². The number of hydrogen-bond acceptors (Lipinski definition) is 5. The highest BCUT2D eigenvalue weighted by Gasteiger charge is 2.23. The van der Waals surface area contributed by atoms with E-state index in [2.05, 4.69) is 32.6 Å². The van der Waals surface area contributed by atoms with Gasteiger partial charge in [-0.15, -0.1) is 0 Å². The monoisotopic (exact) mass is 374 g/mol. The van der Waals surface area contributed by atoms with Gasteiger partial charge in [0.1, 0.15) is 0 Å². The van der Waals surface area contributed by atoms with Crippen molar-refractivity contribution >= 4 is 27.1 Å². The summed E-state index contributed by atoms with van der Waals surface area (Å²) in [6.45, 7) is 4.01. The quantitative estimate of drug-likeness (QED) is 0.872. The molecule has 26 heavy (non-hydrogen) atoms. The third-order valence-electron chi connectivity index (χ3n) is 4.91. The molecule has 2 heterocycles. The van der Waals surface area contributed by atoms with Gasteiger partial charge in [-0.1, -0.05) is 0 Å². The van der Waals surface area contributed by atoms with Gasteiger partial charge >= 0.3 is 0 Å². The molecule has 0 radical (unpaired) electrons. The van der Waals surface area contributed by atoms with E-state index in [4.69, 9.17) is 0 Å². The van der Waals surface area contributed by atoms with Crippen molar-refractivity contribution in [3.63, 3.8) is 0 Å². The summed E-state index contributed by atoms with van der Waals surface area (Å²) >= 11 is 0. The Labute approximate surface area is 155 Å². The number of hydrogen-bond donors (Lipinski definition) is 1. The summed E-state index contributed by atoms with van der Waals surface area (Å²) in [6.07, 6.45) is 5.14. The van der Waals surface area contributed by atoms with E-state index in [9.17, 15) is 8.42 Å². The van der Waals surface area contributed by atoms with Crippen LogP contribution < -0.4 is 14.5 Å². The second kappa shape index (κ2) is 7.53. The Hall–Kier alpha value is -2.28. The smallest absolute Gasteiger partial charge is 0.229 e. The van der Waals surface area contributed by atoms with Crippen LogP contribution in [0.15, 0.2) is 42.6 Å². The number of pyridine rings is 1. The SMILES string of the molecule is Cc1ncccc1N(C)C1CCN(c2ccc(NS(C)(=O)=O)cc2)CC1. The van der Waals surface area contributed by atoms with Crippen LogP contribution in [0.3, 0.4) is 0 Å². The van der Waals surface area contributed by atoms with Gasteiger partial charge in [0, 0.05) is 43.8 Å². The molecule has 0 saturated carbocycles. The lowest BCUT2D eigenvalue weighted by molar-refractivity contribution is 0.482. The van der Waals surface area contributed by atoms with Crippen LogP contribution in [0.4, 0.5) is 17.1 Å².